The van der Waals surface area contributed by atoms with Gasteiger partial charge in [0.1, 0.15) is 33.8 Å². The Bertz CT molecular complexity index is 1800. The van der Waals surface area contributed by atoms with Crippen molar-refractivity contribution >= 4 is 11.0 Å². The molecule has 8 nitrogen and oxygen atoms in total. The van der Waals surface area contributed by atoms with Crippen molar-refractivity contribution in [2.45, 2.75) is 37.1 Å². The third kappa shape index (κ3) is 4.29. The molecule has 42 heavy (non-hydrogen) atoms. The maximum absolute atomic E-state index is 10.7. The number of hydrogen-bond acceptors (Lipinski definition) is 7. The molecule has 7 rings (SSSR count). The molecule has 1 aliphatic heterocycles. The van der Waals surface area contributed by atoms with Crippen LogP contribution in [0.4, 0.5) is 0 Å². The molecule has 1 aliphatic carbocycles. The summed E-state index contributed by atoms with van der Waals surface area (Å²) in [5.41, 5.74) is 7.29. The van der Waals surface area contributed by atoms with Gasteiger partial charge in [0.2, 0.25) is 0 Å². The average Bonchev–Trinajstić information content (AvgIpc) is 3.80. The highest BCUT2D eigenvalue weighted by molar-refractivity contribution is 5.91. The van der Waals surface area contributed by atoms with Crippen molar-refractivity contribution in [3.8, 4) is 28.8 Å². The summed E-state index contributed by atoms with van der Waals surface area (Å²) < 4.78 is 13.3. The first kappa shape index (κ1) is 26.2. The van der Waals surface area contributed by atoms with Gasteiger partial charge in [0.05, 0.1) is 32.4 Å². The lowest BCUT2D eigenvalue weighted by Crippen LogP contribution is -2.25. The van der Waals surface area contributed by atoms with Crippen LogP contribution >= 0.6 is 0 Å². The van der Waals surface area contributed by atoms with Crippen LogP contribution in [0.15, 0.2) is 72.9 Å². The fourth-order valence-corrected chi connectivity index (χ4v) is 6.48. The summed E-state index contributed by atoms with van der Waals surface area (Å²) in [6.45, 7) is 2.51. The number of nitriles is 1. The topological polar surface area (TPSA) is 97.9 Å². The van der Waals surface area contributed by atoms with Gasteiger partial charge in [0.25, 0.3) is 0 Å². The third-order valence-electron chi connectivity index (χ3n) is 8.78. The molecular formula is C34H32N6O2. The van der Waals surface area contributed by atoms with Gasteiger partial charge in [-0.2, -0.15) is 10.4 Å². The monoisotopic (exact) mass is 556 g/mol. The molecular weight excluding hydrogens is 524 g/mol. The molecule has 5 aromatic rings. The second-order valence-electron chi connectivity index (χ2n) is 11.1. The van der Waals surface area contributed by atoms with Gasteiger partial charge in [-0.05, 0) is 66.8 Å². The van der Waals surface area contributed by atoms with E-state index >= 15 is 0 Å². The van der Waals surface area contributed by atoms with Crippen molar-refractivity contribution in [3.05, 3.63) is 101 Å². The highest BCUT2D eigenvalue weighted by atomic mass is 16.5. The Kier molecular flexibility index (Phi) is 6.60. The van der Waals surface area contributed by atoms with Crippen molar-refractivity contribution in [2.75, 3.05) is 27.3 Å². The summed E-state index contributed by atoms with van der Waals surface area (Å²) in [5.74, 6) is 1.82. The number of hydrogen-bond donors (Lipinski definition) is 1. The van der Waals surface area contributed by atoms with Crippen molar-refractivity contribution in [1.29, 1.82) is 5.26 Å². The Balaban J connectivity index is 1.40. The van der Waals surface area contributed by atoms with E-state index in [1.165, 1.54) is 5.56 Å². The van der Waals surface area contributed by atoms with Crippen molar-refractivity contribution in [1.82, 2.24) is 25.1 Å². The normalized spacial score (nSPS) is 19.5. The zero-order valence-corrected chi connectivity index (χ0v) is 23.8. The Hall–Kier alpha value is -4.74. The van der Waals surface area contributed by atoms with Crippen LogP contribution in [0.2, 0.25) is 0 Å². The summed E-state index contributed by atoms with van der Waals surface area (Å²) in [5, 5.41) is 19.2. The molecule has 0 spiro atoms. The van der Waals surface area contributed by atoms with Crippen LogP contribution in [0, 0.1) is 11.3 Å². The molecule has 2 aromatic carbocycles. The third-order valence-corrected chi connectivity index (χ3v) is 8.78. The van der Waals surface area contributed by atoms with Gasteiger partial charge in [0.15, 0.2) is 0 Å². The minimum Gasteiger partial charge on any atom is -0.497 e. The maximum Gasteiger partial charge on any atom is 0.144 e. The van der Waals surface area contributed by atoms with Crippen LogP contribution in [0.5, 0.6) is 11.5 Å². The molecule has 0 amide bonds. The number of aromatic nitrogens is 4. The van der Waals surface area contributed by atoms with Crippen LogP contribution in [0.25, 0.3) is 22.3 Å². The quantitative estimate of drug-likeness (QED) is 0.287. The number of ether oxygens (including phenoxy) is 2. The standard InChI is InChI=1S/C34H32N6O2/c1-41-26-10-7-22(8-11-26)20-40-29-17-30(42-2)33(34(21-35)15-13-23-5-3-4-6-27(23)34)38-32(29)31(39-40)25-9-12-28(37-19-25)24-14-16-36-18-24/h3-12,17,19,24,36H,13-16,18,20H2,1-2H3. The average molecular weight is 557 g/mol. The minimum absolute atomic E-state index is 0.426. The largest absolute Gasteiger partial charge is 0.497 e. The molecule has 1 N–H and O–H groups in total. The van der Waals surface area contributed by atoms with E-state index in [-0.39, 0.29) is 0 Å². The second-order valence-corrected chi connectivity index (χ2v) is 11.1. The number of pyridine rings is 2. The van der Waals surface area contributed by atoms with E-state index in [2.05, 4.69) is 29.6 Å². The Morgan fingerprint density at radius 3 is 2.64 bits per heavy atom. The molecule has 210 valence electrons. The summed E-state index contributed by atoms with van der Waals surface area (Å²) in [7, 11) is 3.31. The molecule has 0 saturated carbocycles. The SMILES string of the molecule is COc1ccc(Cn2nc(-c3ccc(C4CCNC4)nc3)c3nc(C4(C#N)CCc5ccccc54)c(OC)cc32)cc1. The highest BCUT2D eigenvalue weighted by Crippen LogP contribution is 2.47. The van der Waals surface area contributed by atoms with E-state index in [0.717, 1.165) is 70.8 Å². The lowest BCUT2D eigenvalue weighted by molar-refractivity contribution is 0.399. The molecule has 1 saturated heterocycles. The van der Waals surface area contributed by atoms with Gasteiger partial charge < -0.3 is 14.8 Å². The summed E-state index contributed by atoms with van der Waals surface area (Å²) in [4.78, 5) is 10.1. The Morgan fingerprint density at radius 2 is 1.93 bits per heavy atom. The van der Waals surface area contributed by atoms with Crippen LogP contribution in [0.3, 0.4) is 0 Å². The molecule has 8 heteroatoms. The van der Waals surface area contributed by atoms with E-state index in [4.69, 9.17) is 24.5 Å². The van der Waals surface area contributed by atoms with Gasteiger partial charge in [-0.1, -0.05) is 36.4 Å². The fourth-order valence-electron chi connectivity index (χ4n) is 6.48. The van der Waals surface area contributed by atoms with Crippen molar-refractivity contribution in [3.63, 3.8) is 0 Å². The van der Waals surface area contributed by atoms with Crippen molar-refractivity contribution < 1.29 is 9.47 Å². The van der Waals surface area contributed by atoms with Crippen LogP contribution in [0.1, 0.15) is 46.8 Å². The number of methoxy groups -OCH3 is 2. The summed E-state index contributed by atoms with van der Waals surface area (Å²) in [6.07, 6.45) is 4.47. The van der Waals surface area contributed by atoms with Gasteiger partial charge in [0, 0.05) is 36.0 Å². The fraction of sp³-hybridized carbons (Fsp3) is 0.294. The molecule has 1 fully saturated rings. The molecule has 2 unspecified atom stereocenters. The Labute approximate surface area is 245 Å². The van der Waals surface area contributed by atoms with Gasteiger partial charge in [-0.25, -0.2) is 4.98 Å². The van der Waals surface area contributed by atoms with Crippen molar-refractivity contribution in [2.24, 2.45) is 0 Å². The molecule has 0 bridgehead atoms. The molecule has 2 atom stereocenters. The smallest absolute Gasteiger partial charge is 0.144 e. The first-order valence-corrected chi connectivity index (χ1v) is 14.4. The predicted octanol–water partition coefficient (Wildman–Crippen LogP) is 5.39. The van der Waals surface area contributed by atoms with Gasteiger partial charge in [-0.15, -0.1) is 0 Å². The number of rotatable bonds is 7. The highest BCUT2D eigenvalue weighted by Gasteiger charge is 2.44. The molecule has 2 aliphatic rings. The van der Waals surface area contributed by atoms with Crippen LogP contribution in [-0.4, -0.2) is 47.1 Å². The second kappa shape index (κ2) is 10.6. The lowest BCUT2D eigenvalue weighted by atomic mass is 9.79. The lowest BCUT2D eigenvalue weighted by Gasteiger charge is -2.24. The van der Waals surface area contributed by atoms with Gasteiger partial charge in [-0.3, -0.25) is 9.67 Å². The number of nitrogens with zero attached hydrogens (tertiary/aromatic N) is 5. The van der Waals surface area contributed by atoms with E-state index in [0.29, 0.717) is 30.3 Å². The number of fused-ring (bicyclic) bond motifs is 2. The number of benzene rings is 2. The van der Waals surface area contributed by atoms with E-state index in [1.807, 2.05) is 59.4 Å². The van der Waals surface area contributed by atoms with Crippen LogP contribution in [-0.2, 0) is 18.4 Å². The first-order valence-electron chi connectivity index (χ1n) is 14.4. The summed E-state index contributed by atoms with van der Waals surface area (Å²) in [6, 6.07) is 25.0. The zero-order valence-electron chi connectivity index (χ0n) is 23.8. The molecule has 4 heterocycles. The number of aryl methyl sites for hydroxylation is 1. The molecule has 3 aromatic heterocycles. The predicted molar refractivity (Wildman–Crippen MR) is 161 cm³/mol. The number of nitrogens with one attached hydrogen (secondary N) is 1. The maximum atomic E-state index is 10.7. The first-order chi connectivity index (χ1) is 20.6. The van der Waals surface area contributed by atoms with Crippen LogP contribution < -0.4 is 14.8 Å². The minimum atomic E-state index is -0.900. The van der Waals surface area contributed by atoms with Gasteiger partial charge >= 0.3 is 0 Å². The summed E-state index contributed by atoms with van der Waals surface area (Å²) >= 11 is 0. The zero-order chi connectivity index (χ0) is 28.7. The van der Waals surface area contributed by atoms with E-state index in [9.17, 15) is 5.26 Å². The van der Waals surface area contributed by atoms with E-state index in [1.54, 1.807) is 14.2 Å². The molecule has 0 radical (unpaired) electrons. The Morgan fingerprint density at radius 1 is 1.07 bits per heavy atom. The van der Waals surface area contributed by atoms with E-state index < -0.39 is 5.41 Å².